The highest BCUT2D eigenvalue weighted by Gasteiger charge is 2.27. The lowest BCUT2D eigenvalue weighted by atomic mass is 9.83. The lowest BCUT2D eigenvalue weighted by Crippen LogP contribution is -2.27. The number of rotatable bonds is 5. The summed E-state index contributed by atoms with van der Waals surface area (Å²) in [6.45, 7) is 0. The number of ketones is 1. The molecule has 0 amide bonds. The minimum Gasteiger partial charge on any atom is -0.393 e. The molecule has 1 aromatic carbocycles. The predicted octanol–water partition coefficient (Wildman–Crippen LogP) is 4.33. The van der Waals surface area contributed by atoms with Crippen LogP contribution in [0, 0.1) is 17.6 Å². The Bertz CT molecular complexity index is 1010. The van der Waals surface area contributed by atoms with Crippen LogP contribution in [0.25, 0.3) is 5.52 Å². The topological polar surface area (TPSA) is 54.6 Å². The largest absolute Gasteiger partial charge is 0.393 e. The smallest absolute Gasteiger partial charge is 0.181 e. The van der Waals surface area contributed by atoms with E-state index in [-0.39, 0.29) is 18.1 Å². The second kappa shape index (κ2) is 7.80. The van der Waals surface area contributed by atoms with Crippen LogP contribution in [0.5, 0.6) is 0 Å². The number of halogens is 2. The molecule has 146 valence electrons. The molecule has 1 aliphatic carbocycles. The monoisotopic (exact) mass is 384 g/mol. The van der Waals surface area contributed by atoms with Crippen molar-refractivity contribution in [3.8, 4) is 0 Å². The molecule has 1 saturated carbocycles. The van der Waals surface area contributed by atoms with Gasteiger partial charge in [-0.15, -0.1) is 0 Å². The number of carbonyl (C=O) groups excluding carboxylic acids is 1. The van der Waals surface area contributed by atoms with Gasteiger partial charge in [0, 0.05) is 12.6 Å². The molecule has 0 saturated heterocycles. The minimum atomic E-state index is -0.887. The van der Waals surface area contributed by atoms with Gasteiger partial charge >= 0.3 is 0 Å². The van der Waals surface area contributed by atoms with E-state index in [4.69, 9.17) is 0 Å². The molecule has 0 unspecified atom stereocenters. The minimum absolute atomic E-state index is 0.0230. The van der Waals surface area contributed by atoms with Gasteiger partial charge in [-0.05, 0) is 66.6 Å². The molecule has 2 heterocycles. The van der Waals surface area contributed by atoms with Crippen molar-refractivity contribution in [3.63, 3.8) is 0 Å². The number of Topliss-reactive ketones (excluding diaryl/α,β-unsaturated/α-hetero) is 1. The molecule has 0 radical (unpaired) electrons. The highest BCUT2D eigenvalue weighted by atomic mass is 19.2. The number of hydrogen-bond acceptors (Lipinski definition) is 3. The zero-order chi connectivity index (χ0) is 19.7. The molecule has 0 bridgehead atoms. The first-order valence-corrected chi connectivity index (χ1v) is 9.64. The summed E-state index contributed by atoms with van der Waals surface area (Å²) in [5.74, 6) is -1.85. The maximum absolute atomic E-state index is 13.6. The average molecular weight is 384 g/mol. The van der Waals surface area contributed by atoms with E-state index in [0.717, 1.165) is 42.8 Å². The van der Waals surface area contributed by atoms with Crippen molar-refractivity contribution >= 4 is 11.3 Å². The van der Waals surface area contributed by atoms with Gasteiger partial charge in [0.2, 0.25) is 0 Å². The van der Waals surface area contributed by atoms with Gasteiger partial charge in [-0.3, -0.25) is 4.79 Å². The first kappa shape index (κ1) is 18.7. The van der Waals surface area contributed by atoms with Crippen LogP contribution in [-0.4, -0.2) is 26.6 Å². The Balaban J connectivity index is 1.64. The van der Waals surface area contributed by atoms with Crippen LogP contribution >= 0.6 is 0 Å². The van der Waals surface area contributed by atoms with E-state index in [1.165, 1.54) is 12.1 Å². The highest BCUT2D eigenvalue weighted by Crippen LogP contribution is 2.29. The average Bonchev–Trinajstić information content (AvgIpc) is 3.05. The number of hydrogen-bond donors (Lipinski definition) is 1. The molecule has 1 N–H and O–H groups in total. The maximum atomic E-state index is 13.6. The van der Waals surface area contributed by atoms with E-state index in [2.05, 4.69) is 5.10 Å². The molecule has 2 aromatic heterocycles. The summed E-state index contributed by atoms with van der Waals surface area (Å²) in [6.07, 6.45) is 5.46. The molecule has 0 spiro atoms. The van der Waals surface area contributed by atoms with Crippen LogP contribution < -0.4 is 0 Å². The molecule has 2 atom stereocenters. The summed E-state index contributed by atoms with van der Waals surface area (Å²) in [7, 11) is 0. The quantitative estimate of drug-likeness (QED) is 0.667. The maximum Gasteiger partial charge on any atom is 0.181 e. The van der Waals surface area contributed by atoms with E-state index in [1.54, 1.807) is 22.8 Å². The third-order valence-electron chi connectivity index (χ3n) is 5.60. The Morgan fingerprint density at radius 1 is 1.14 bits per heavy atom. The zero-order valence-corrected chi connectivity index (χ0v) is 15.4. The van der Waals surface area contributed by atoms with E-state index in [9.17, 15) is 18.7 Å². The number of carbonyl (C=O) groups is 1. The first-order valence-electron chi connectivity index (χ1n) is 9.64. The van der Waals surface area contributed by atoms with Gasteiger partial charge in [-0.2, -0.15) is 5.10 Å². The van der Waals surface area contributed by atoms with Crippen LogP contribution in [0.4, 0.5) is 8.78 Å². The molecule has 4 nitrogen and oxygen atoms in total. The Morgan fingerprint density at radius 3 is 2.75 bits per heavy atom. The fraction of sp³-hybridized carbons (Fsp3) is 0.364. The van der Waals surface area contributed by atoms with E-state index in [1.807, 2.05) is 6.07 Å². The molecular formula is C22H22F2N2O2. The van der Waals surface area contributed by atoms with Gasteiger partial charge in [-0.1, -0.05) is 18.9 Å². The van der Waals surface area contributed by atoms with Crippen LogP contribution in [0.15, 0.2) is 42.6 Å². The summed E-state index contributed by atoms with van der Waals surface area (Å²) in [5, 5.41) is 14.5. The van der Waals surface area contributed by atoms with Crippen molar-refractivity contribution in [2.45, 2.75) is 44.6 Å². The molecule has 0 aliphatic heterocycles. The van der Waals surface area contributed by atoms with Crippen molar-refractivity contribution in [1.82, 2.24) is 9.61 Å². The molecule has 1 aliphatic rings. The van der Waals surface area contributed by atoms with Crippen LogP contribution in [0.2, 0.25) is 0 Å². The number of benzene rings is 1. The van der Waals surface area contributed by atoms with E-state index in [0.29, 0.717) is 17.7 Å². The number of aliphatic hydroxyl groups excluding tert-OH is 1. The van der Waals surface area contributed by atoms with Crippen LogP contribution in [-0.2, 0) is 6.42 Å². The fourth-order valence-electron chi connectivity index (χ4n) is 4.09. The van der Waals surface area contributed by atoms with Gasteiger partial charge in [-0.25, -0.2) is 13.3 Å². The van der Waals surface area contributed by atoms with Crippen molar-refractivity contribution in [1.29, 1.82) is 0 Å². The Kier molecular flexibility index (Phi) is 5.22. The van der Waals surface area contributed by atoms with Gasteiger partial charge in [0.05, 0.1) is 11.6 Å². The van der Waals surface area contributed by atoms with E-state index >= 15 is 0 Å². The van der Waals surface area contributed by atoms with E-state index < -0.39 is 17.7 Å². The van der Waals surface area contributed by atoms with Crippen molar-refractivity contribution in [2.24, 2.45) is 5.92 Å². The number of nitrogens with zero attached hydrogens (tertiary/aromatic N) is 2. The summed E-state index contributed by atoms with van der Waals surface area (Å²) >= 11 is 0. The Morgan fingerprint density at radius 2 is 1.96 bits per heavy atom. The van der Waals surface area contributed by atoms with Crippen molar-refractivity contribution in [3.05, 3.63) is 71.1 Å². The summed E-state index contributed by atoms with van der Waals surface area (Å²) in [6, 6.07) is 9.24. The van der Waals surface area contributed by atoms with Gasteiger partial charge in [0.1, 0.15) is 5.69 Å². The number of aromatic nitrogens is 2. The summed E-state index contributed by atoms with van der Waals surface area (Å²) in [5.41, 5.74) is 2.68. The van der Waals surface area contributed by atoms with Crippen molar-refractivity contribution in [2.75, 3.05) is 0 Å². The highest BCUT2D eigenvalue weighted by molar-refractivity contribution is 5.96. The van der Waals surface area contributed by atoms with Gasteiger partial charge < -0.3 is 5.11 Å². The first-order chi connectivity index (χ1) is 13.5. The second-order valence-corrected chi connectivity index (χ2v) is 7.54. The lowest BCUT2D eigenvalue weighted by Gasteiger charge is -2.26. The second-order valence-electron chi connectivity index (χ2n) is 7.54. The normalized spacial score (nSPS) is 19.8. The van der Waals surface area contributed by atoms with Crippen molar-refractivity contribution < 1.29 is 18.7 Å². The summed E-state index contributed by atoms with van der Waals surface area (Å²) < 4.78 is 28.4. The molecular weight excluding hydrogens is 362 g/mol. The lowest BCUT2D eigenvalue weighted by molar-refractivity contribution is 0.0580. The fourth-order valence-corrected chi connectivity index (χ4v) is 4.09. The molecule has 28 heavy (non-hydrogen) atoms. The Hall–Kier alpha value is -2.60. The molecule has 3 aromatic rings. The molecule has 4 rings (SSSR count). The predicted molar refractivity (Wildman–Crippen MR) is 101 cm³/mol. The van der Waals surface area contributed by atoms with Gasteiger partial charge in [0.25, 0.3) is 0 Å². The van der Waals surface area contributed by atoms with Crippen LogP contribution in [0.3, 0.4) is 0 Å². The Labute approximate surface area is 161 Å². The van der Waals surface area contributed by atoms with Gasteiger partial charge in [0.15, 0.2) is 17.4 Å². The number of fused-ring (bicyclic) bond motifs is 1. The molecule has 1 fully saturated rings. The SMILES string of the molecule is O=C(C[C@H]1CCCC[C@@H]1O)c1cc(Cc2ccc(F)c(F)c2)c2cccnn12. The third-order valence-corrected chi connectivity index (χ3v) is 5.60. The molecule has 6 heteroatoms. The van der Waals surface area contributed by atoms with Crippen LogP contribution in [0.1, 0.15) is 53.7 Å². The zero-order valence-electron chi connectivity index (χ0n) is 15.4. The standard InChI is InChI=1S/C22H22F2N2O2/c23-17-8-7-14(11-18(17)24)10-16-12-20(26-19(16)5-3-9-25-26)22(28)13-15-4-1-2-6-21(15)27/h3,5,7-9,11-12,15,21,27H,1-2,4,6,10,13H2/t15-,21+/m1/s1. The summed E-state index contributed by atoms with van der Waals surface area (Å²) in [4.78, 5) is 13.0. The number of aliphatic hydroxyl groups is 1. The third kappa shape index (κ3) is 3.69.